The van der Waals surface area contributed by atoms with Gasteiger partial charge in [0.2, 0.25) is 0 Å². The van der Waals surface area contributed by atoms with Gasteiger partial charge in [0.15, 0.2) is 0 Å². The van der Waals surface area contributed by atoms with Gasteiger partial charge in [-0.3, -0.25) is 0 Å². The molecule has 0 aliphatic carbocycles. The lowest BCUT2D eigenvalue weighted by atomic mass is 10.5. The van der Waals surface area contributed by atoms with Crippen LogP contribution in [0.15, 0.2) is 0 Å². The van der Waals surface area contributed by atoms with E-state index in [2.05, 4.69) is 0 Å². The number of epoxide rings is 2. The third-order valence-corrected chi connectivity index (χ3v) is 1.41. The van der Waals surface area contributed by atoms with Gasteiger partial charge >= 0.3 is 6.15 Å². The van der Waals surface area contributed by atoms with E-state index >= 15 is 0 Å². The van der Waals surface area contributed by atoms with Crippen LogP contribution in [0.4, 0.5) is 0 Å². The van der Waals surface area contributed by atoms with Gasteiger partial charge in [0.05, 0.1) is 26.4 Å². The van der Waals surface area contributed by atoms with Crippen LogP contribution < -0.4 is 0 Å². The topological polar surface area (TPSA) is 68.4 Å². The summed E-state index contributed by atoms with van der Waals surface area (Å²) in [6.07, 6.45) is 1.03. The summed E-state index contributed by atoms with van der Waals surface area (Å²) in [4.78, 5) is 16.2. The summed E-state index contributed by atoms with van der Waals surface area (Å²) in [7, 11) is 0. The molecule has 12 heavy (non-hydrogen) atoms. The first kappa shape index (κ1) is 9.35. The third kappa shape index (κ3) is 4.98. The molecule has 68 valence electrons. The van der Waals surface area contributed by atoms with E-state index < -0.39 is 0 Å². The molecule has 0 spiro atoms. The van der Waals surface area contributed by atoms with E-state index in [0.717, 1.165) is 26.4 Å². The molecule has 0 aromatic heterocycles. The molecular formula is C7H10O5. The Hall–Kier alpha value is -0.740. The van der Waals surface area contributed by atoms with Gasteiger partial charge in [-0.1, -0.05) is 0 Å². The van der Waals surface area contributed by atoms with Crippen LogP contribution in [0.25, 0.3) is 0 Å². The smallest absolute Gasteiger partial charge is 0.373 e. The number of hydrogen-bond donors (Lipinski definition) is 0. The minimum absolute atomic E-state index is 0.250. The minimum atomic E-state index is 0.250. The fourth-order valence-corrected chi connectivity index (χ4v) is 0.659. The molecule has 2 aliphatic heterocycles. The lowest BCUT2D eigenvalue weighted by Crippen LogP contribution is -2.06. The summed E-state index contributed by atoms with van der Waals surface area (Å²) < 4.78 is 15.1. The molecular weight excluding hydrogens is 164 g/mol. The van der Waals surface area contributed by atoms with E-state index in [9.17, 15) is 0 Å². The van der Waals surface area contributed by atoms with Crippen LogP contribution in [0.5, 0.6) is 0 Å². The van der Waals surface area contributed by atoms with Crippen LogP contribution in [0.1, 0.15) is 0 Å². The summed E-state index contributed by atoms with van der Waals surface area (Å²) in [5.74, 6) is 0. The molecule has 0 N–H and O–H groups in total. The Labute approximate surface area is 69.6 Å². The molecule has 0 bridgehead atoms. The lowest BCUT2D eigenvalue weighted by Gasteiger charge is -1.95. The van der Waals surface area contributed by atoms with E-state index in [0.29, 0.717) is 12.2 Å². The van der Waals surface area contributed by atoms with E-state index in [1.54, 1.807) is 0 Å². The molecule has 5 heteroatoms. The fourth-order valence-electron chi connectivity index (χ4n) is 0.659. The highest BCUT2D eigenvalue weighted by Crippen LogP contribution is 2.12. The first-order valence-corrected chi connectivity index (χ1v) is 3.67. The van der Waals surface area contributed by atoms with Crippen LogP contribution in [0.2, 0.25) is 0 Å². The van der Waals surface area contributed by atoms with E-state index in [1.165, 1.54) is 0 Å². The second-order valence-corrected chi connectivity index (χ2v) is 2.53. The maximum absolute atomic E-state index is 8.12. The van der Waals surface area contributed by atoms with Gasteiger partial charge in [-0.2, -0.15) is 9.59 Å². The predicted octanol–water partition coefficient (Wildman–Crippen LogP) is -0.783. The van der Waals surface area contributed by atoms with Gasteiger partial charge in [-0.25, -0.2) is 0 Å². The van der Waals surface area contributed by atoms with Gasteiger partial charge in [0.25, 0.3) is 0 Å². The first-order chi connectivity index (χ1) is 5.86. The number of carbonyl (C=O) groups excluding carboxylic acids is 2. The molecule has 0 radical (unpaired) electrons. The molecule has 0 saturated carbocycles. The molecule has 2 fully saturated rings. The van der Waals surface area contributed by atoms with Crippen molar-refractivity contribution < 1.29 is 23.8 Å². The second-order valence-electron chi connectivity index (χ2n) is 2.53. The van der Waals surface area contributed by atoms with E-state index in [4.69, 9.17) is 23.8 Å². The summed E-state index contributed by atoms with van der Waals surface area (Å²) in [6.45, 7) is 3.26. The van der Waals surface area contributed by atoms with Crippen LogP contribution in [-0.4, -0.2) is 44.8 Å². The predicted molar refractivity (Wildman–Crippen MR) is 35.3 cm³/mol. The van der Waals surface area contributed by atoms with Crippen LogP contribution >= 0.6 is 0 Å². The molecule has 0 aromatic rings. The van der Waals surface area contributed by atoms with Gasteiger partial charge in [0, 0.05) is 0 Å². The maximum atomic E-state index is 8.12. The van der Waals surface area contributed by atoms with Gasteiger partial charge in [-0.15, -0.1) is 0 Å². The summed E-state index contributed by atoms with van der Waals surface area (Å²) in [5, 5.41) is 0. The SMILES string of the molecule is C(OCC1CO1)C1CO1.O=C=O. The lowest BCUT2D eigenvalue weighted by molar-refractivity contribution is -0.191. The highest BCUT2D eigenvalue weighted by molar-refractivity contribution is 5.20. The molecule has 5 nitrogen and oxygen atoms in total. The standard InChI is InChI=1S/C6H10O3.CO2/c1(5-3-8-5)7-2-6-4-9-6;2-1-3/h5-6H,1-4H2;. The number of ether oxygens (including phenoxy) is 3. The average Bonchev–Trinajstić information content (AvgIpc) is 2.82. The third-order valence-electron chi connectivity index (χ3n) is 1.41. The Bertz CT molecular complexity index is 143. The maximum Gasteiger partial charge on any atom is 0.373 e. The van der Waals surface area contributed by atoms with Crippen molar-refractivity contribution >= 4 is 6.15 Å². The van der Waals surface area contributed by atoms with Crippen molar-refractivity contribution in [2.45, 2.75) is 12.2 Å². The highest BCUT2D eigenvalue weighted by Gasteiger charge is 2.26. The van der Waals surface area contributed by atoms with Crippen molar-refractivity contribution in [3.63, 3.8) is 0 Å². The Balaban J connectivity index is 0.000000213. The molecule has 2 heterocycles. The van der Waals surface area contributed by atoms with Crippen molar-refractivity contribution in [2.75, 3.05) is 26.4 Å². The van der Waals surface area contributed by atoms with Crippen molar-refractivity contribution in [3.05, 3.63) is 0 Å². The molecule has 2 unspecified atom stereocenters. The summed E-state index contributed by atoms with van der Waals surface area (Å²) in [5.41, 5.74) is 0. The largest absolute Gasteiger partial charge is 0.376 e. The zero-order chi connectivity index (χ0) is 8.81. The quantitative estimate of drug-likeness (QED) is 0.523. The molecule has 2 atom stereocenters. The van der Waals surface area contributed by atoms with Gasteiger partial charge in [-0.05, 0) is 0 Å². The fraction of sp³-hybridized carbons (Fsp3) is 0.857. The second kappa shape index (κ2) is 5.00. The average molecular weight is 174 g/mol. The van der Waals surface area contributed by atoms with Gasteiger partial charge < -0.3 is 14.2 Å². The first-order valence-electron chi connectivity index (χ1n) is 3.67. The normalized spacial score (nSPS) is 29.7. The Morgan fingerprint density at radius 3 is 1.75 bits per heavy atom. The molecule has 2 saturated heterocycles. The molecule has 0 aromatic carbocycles. The van der Waals surface area contributed by atoms with Crippen molar-refractivity contribution in [1.82, 2.24) is 0 Å². The number of rotatable bonds is 4. The van der Waals surface area contributed by atoms with Crippen molar-refractivity contribution in [1.29, 1.82) is 0 Å². The number of hydrogen-bond acceptors (Lipinski definition) is 5. The van der Waals surface area contributed by atoms with Crippen LogP contribution in [0, 0.1) is 0 Å². The zero-order valence-corrected chi connectivity index (χ0v) is 6.52. The summed E-state index contributed by atoms with van der Waals surface area (Å²) >= 11 is 0. The zero-order valence-electron chi connectivity index (χ0n) is 6.52. The minimum Gasteiger partial charge on any atom is -0.376 e. The Morgan fingerprint density at radius 1 is 1.17 bits per heavy atom. The molecule has 2 rings (SSSR count). The van der Waals surface area contributed by atoms with E-state index in [1.807, 2.05) is 0 Å². The van der Waals surface area contributed by atoms with E-state index in [-0.39, 0.29) is 6.15 Å². The van der Waals surface area contributed by atoms with Crippen molar-refractivity contribution in [3.8, 4) is 0 Å². The highest BCUT2D eigenvalue weighted by atomic mass is 16.6. The monoisotopic (exact) mass is 174 g/mol. The van der Waals surface area contributed by atoms with Crippen LogP contribution in [-0.2, 0) is 23.8 Å². The Kier molecular flexibility index (Phi) is 3.90. The molecule has 2 aliphatic rings. The molecule has 0 amide bonds. The Morgan fingerprint density at radius 2 is 1.50 bits per heavy atom. The van der Waals surface area contributed by atoms with Crippen LogP contribution in [0.3, 0.4) is 0 Å². The van der Waals surface area contributed by atoms with Gasteiger partial charge in [0.1, 0.15) is 12.2 Å². The summed E-state index contributed by atoms with van der Waals surface area (Å²) in [6, 6.07) is 0. The van der Waals surface area contributed by atoms with Crippen molar-refractivity contribution in [2.24, 2.45) is 0 Å².